The number of nitrogens with zero attached hydrogens (tertiary/aromatic N) is 2. The molecule has 2 N–H and O–H groups in total. The molecule has 7 nitrogen and oxygen atoms in total. The van der Waals surface area contributed by atoms with Crippen molar-refractivity contribution in [3.8, 4) is 0 Å². The first kappa shape index (κ1) is 15.5. The van der Waals surface area contributed by atoms with Crippen molar-refractivity contribution in [1.29, 1.82) is 0 Å². The van der Waals surface area contributed by atoms with E-state index in [4.69, 9.17) is 0 Å². The van der Waals surface area contributed by atoms with Crippen LogP contribution in [0.3, 0.4) is 0 Å². The van der Waals surface area contributed by atoms with Gasteiger partial charge in [0, 0.05) is 19.2 Å². The van der Waals surface area contributed by atoms with E-state index in [-0.39, 0.29) is 17.0 Å². The third-order valence-corrected chi connectivity index (χ3v) is 4.15. The Bertz CT molecular complexity index is 532. The first-order valence-corrected chi connectivity index (χ1v) is 7.29. The van der Waals surface area contributed by atoms with Crippen LogP contribution in [-0.4, -0.2) is 35.0 Å². The van der Waals surface area contributed by atoms with Crippen LogP contribution in [0, 0.1) is 15.5 Å². The number of amides is 1. The average Bonchev–Trinajstić information content (AvgIpc) is 2.90. The molecule has 1 fully saturated rings. The topological polar surface area (TPSA) is 89.2 Å². The summed E-state index contributed by atoms with van der Waals surface area (Å²) in [6, 6.07) is 1.34. The summed E-state index contributed by atoms with van der Waals surface area (Å²) in [6.45, 7) is 7.06. The van der Waals surface area contributed by atoms with Gasteiger partial charge in [0.15, 0.2) is 0 Å². The number of rotatable bonds is 5. The van der Waals surface area contributed by atoms with Gasteiger partial charge >= 0.3 is 0 Å². The molecule has 1 aromatic heterocycles. The standard InChI is InChI=1S/C14H22N4O3/c1-3-17-9-11(18(20)21)8-12(17)13(19)16-10-14(2)4-6-15-7-5-14/h8-9,15H,3-7,10H2,1-2H3,(H,16,19). The molecule has 1 saturated heterocycles. The van der Waals surface area contributed by atoms with Crippen LogP contribution in [0.15, 0.2) is 12.3 Å². The van der Waals surface area contributed by atoms with E-state index in [1.54, 1.807) is 4.57 Å². The first-order chi connectivity index (χ1) is 9.95. The highest BCUT2D eigenvalue weighted by Crippen LogP contribution is 2.27. The molecule has 1 amide bonds. The zero-order valence-corrected chi connectivity index (χ0v) is 12.5. The number of carbonyl (C=O) groups excluding carboxylic acids is 1. The van der Waals surface area contributed by atoms with E-state index in [1.807, 2.05) is 6.92 Å². The van der Waals surface area contributed by atoms with E-state index in [2.05, 4.69) is 17.6 Å². The lowest BCUT2D eigenvalue weighted by Crippen LogP contribution is -2.43. The molecular formula is C14H22N4O3. The largest absolute Gasteiger partial charge is 0.350 e. The normalized spacial score (nSPS) is 17.4. The molecule has 116 valence electrons. The smallest absolute Gasteiger partial charge is 0.287 e. The third-order valence-electron chi connectivity index (χ3n) is 4.15. The van der Waals surface area contributed by atoms with E-state index >= 15 is 0 Å². The summed E-state index contributed by atoms with van der Waals surface area (Å²) < 4.78 is 1.61. The number of nitro groups is 1. The van der Waals surface area contributed by atoms with Gasteiger partial charge in [0.05, 0.1) is 11.1 Å². The molecule has 0 aromatic carbocycles. The van der Waals surface area contributed by atoms with Gasteiger partial charge in [-0.25, -0.2) is 0 Å². The Morgan fingerprint density at radius 2 is 2.19 bits per heavy atom. The van der Waals surface area contributed by atoms with Crippen LogP contribution in [-0.2, 0) is 6.54 Å². The molecule has 0 radical (unpaired) electrons. The zero-order valence-electron chi connectivity index (χ0n) is 12.5. The fraction of sp³-hybridized carbons (Fsp3) is 0.643. The highest BCUT2D eigenvalue weighted by atomic mass is 16.6. The van der Waals surface area contributed by atoms with Gasteiger partial charge < -0.3 is 15.2 Å². The van der Waals surface area contributed by atoms with Crippen molar-refractivity contribution < 1.29 is 9.72 Å². The fourth-order valence-corrected chi connectivity index (χ4v) is 2.64. The van der Waals surface area contributed by atoms with Gasteiger partial charge in [0.25, 0.3) is 11.6 Å². The predicted molar refractivity (Wildman–Crippen MR) is 79.3 cm³/mol. The summed E-state index contributed by atoms with van der Waals surface area (Å²) in [5, 5.41) is 17.0. The number of hydrogen-bond donors (Lipinski definition) is 2. The highest BCUT2D eigenvalue weighted by Gasteiger charge is 2.28. The number of hydrogen-bond acceptors (Lipinski definition) is 4. The summed E-state index contributed by atoms with van der Waals surface area (Å²) in [5.41, 5.74) is 0.396. The van der Waals surface area contributed by atoms with Crippen LogP contribution in [0.2, 0.25) is 0 Å². The van der Waals surface area contributed by atoms with Gasteiger partial charge in [-0.15, -0.1) is 0 Å². The van der Waals surface area contributed by atoms with Crippen LogP contribution in [0.25, 0.3) is 0 Å². The fourth-order valence-electron chi connectivity index (χ4n) is 2.64. The molecule has 21 heavy (non-hydrogen) atoms. The van der Waals surface area contributed by atoms with Gasteiger partial charge in [-0.1, -0.05) is 6.92 Å². The number of piperidine rings is 1. The van der Waals surface area contributed by atoms with Crippen molar-refractivity contribution in [3.63, 3.8) is 0 Å². The number of aryl methyl sites for hydroxylation is 1. The van der Waals surface area contributed by atoms with Crippen LogP contribution in [0.1, 0.15) is 37.2 Å². The molecule has 1 aliphatic heterocycles. The summed E-state index contributed by atoms with van der Waals surface area (Å²) in [5.74, 6) is -0.246. The molecule has 7 heteroatoms. The van der Waals surface area contributed by atoms with Crippen molar-refractivity contribution in [1.82, 2.24) is 15.2 Å². The third kappa shape index (κ3) is 3.60. The zero-order chi connectivity index (χ0) is 15.5. The van der Waals surface area contributed by atoms with Crippen LogP contribution in [0.4, 0.5) is 5.69 Å². The maximum atomic E-state index is 12.3. The second kappa shape index (κ2) is 6.26. The predicted octanol–water partition coefficient (Wildman–Crippen LogP) is 1.54. The molecule has 0 spiro atoms. The highest BCUT2D eigenvalue weighted by molar-refractivity contribution is 5.93. The van der Waals surface area contributed by atoms with E-state index < -0.39 is 4.92 Å². The first-order valence-electron chi connectivity index (χ1n) is 7.29. The molecule has 0 aliphatic carbocycles. The number of aromatic nitrogens is 1. The summed E-state index contributed by atoms with van der Waals surface area (Å²) >= 11 is 0. The van der Waals surface area contributed by atoms with E-state index in [0.717, 1.165) is 25.9 Å². The number of nitrogens with one attached hydrogen (secondary N) is 2. The Morgan fingerprint density at radius 3 is 2.76 bits per heavy atom. The quantitative estimate of drug-likeness (QED) is 0.636. The van der Waals surface area contributed by atoms with Crippen molar-refractivity contribution in [2.75, 3.05) is 19.6 Å². The molecule has 1 aliphatic rings. The van der Waals surface area contributed by atoms with Crippen LogP contribution >= 0.6 is 0 Å². The van der Waals surface area contributed by atoms with Crippen LogP contribution < -0.4 is 10.6 Å². The maximum absolute atomic E-state index is 12.3. The van der Waals surface area contributed by atoms with Gasteiger partial charge in [0.1, 0.15) is 5.69 Å². The van der Waals surface area contributed by atoms with Gasteiger partial charge in [-0.05, 0) is 38.3 Å². The second-order valence-electron chi connectivity index (χ2n) is 5.87. The minimum Gasteiger partial charge on any atom is -0.350 e. The lowest BCUT2D eigenvalue weighted by atomic mass is 9.81. The second-order valence-corrected chi connectivity index (χ2v) is 5.87. The Balaban J connectivity index is 2.04. The van der Waals surface area contributed by atoms with Crippen molar-refractivity contribution >= 4 is 11.6 Å². The maximum Gasteiger partial charge on any atom is 0.287 e. The Kier molecular flexibility index (Phi) is 4.62. The molecule has 0 atom stereocenters. The van der Waals surface area contributed by atoms with Gasteiger partial charge in [0.2, 0.25) is 0 Å². The average molecular weight is 294 g/mol. The summed E-state index contributed by atoms with van der Waals surface area (Å²) in [7, 11) is 0. The Morgan fingerprint density at radius 1 is 1.52 bits per heavy atom. The molecule has 2 heterocycles. The molecular weight excluding hydrogens is 272 g/mol. The lowest BCUT2D eigenvalue weighted by Gasteiger charge is -2.34. The van der Waals surface area contributed by atoms with E-state index in [1.165, 1.54) is 12.3 Å². The molecule has 2 rings (SSSR count). The summed E-state index contributed by atoms with van der Waals surface area (Å²) in [4.78, 5) is 22.6. The van der Waals surface area contributed by atoms with Crippen molar-refractivity contribution in [2.24, 2.45) is 5.41 Å². The lowest BCUT2D eigenvalue weighted by molar-refractivity contribution is -0.384. The van der Waals surface area contributed by atoms with Gasteiger partial charge in [-0.2, -0.15) is 0 Å². The molecule has 0 unspecified atom stereocenters. The Labute approximate surface area is 123 Å². The van der Waals surface area contributed by atoms with E-state index in [9.17, 15) is 14.9 Å². The van der Waals surface area contributed by atoms with Crippen molar-refractivity contribution in [2.45, 2.75) is 33.2 Å². The molecule has 1 aromatic rings. The molecule has 0 bridgehead atoms. The van der Waals surface area contributed by atoms with Crippen LogP contribution in [0.5, 0.6) is 0 Å². The minimum absolute atomic E-state index is 0.0462. The summed E-state index contributed by atoms with van der Waals surface area (Å²) in [6.07, 6.45) is 3.44. The minimum atomic E-state index is -0.475. The van der Waals surface area contributed by atoms with Gasteiger partial charge in [-0.3, -0.25) is 14.9 Å². The Hall–Kier alpha value is -1.89. The van der Waals surface area contributed by atoms with E-state index in [0.29, 0.717) is 18.8 Å². The SMILES string of the molecule is CCn1cc([N+](=O)[O-])cc1C(=O)NCC1(C)CCNCC1. The monoisotopic (exact) mass is 294 g/mol. The van der Waals surface area contributed by atoms with Crippen molar-refractivity contribution in [3.05, 3.63) is 28.1 Å². The number of carbonyl (C=O) groups is 1. The molecule has 0 saturated carbocycles.